The molecule has 3 heterocycles. The molecule has 0 spiro atoms. The van der Waals surface area contributed by atoms with Crippen molar-refractivity contribution < 1.29 is 24.2 Å². The molecule has 1 atom stereocenters. The summed E-state index contributed by atoms with van der Waals surface area (Å²) < 4.78 is 11.4. The van der Waals surface area contributed by atoms with Crippen LogP contribution in [-0.4, -0.2) is 85.0 Å². The first kappa shape index (κ1) is 31.9. The molecular formula is C33H48N4O5. The second kappa shape index (κ2) is 16.0. The number of aryl methyl sites for hydroxylation is 2. The normalized spacial score (nSPS) is 17.0. The Bertz CT molecular complexity index is 1140. The molecule has 2 aliphatic heterocycles. The Kier molecular flexibility index (Phi) is 12.2. The third-order valence-electron chi connectivity index (χ3n) is 8.41. The van der Waals surface area contributed by atoms with Gasteiger partial charge in [0.2, 0.25) is 5.91 Å². The van der Waals surface area contributed by atoms with E-state index >= 15 is 0 Å². The summed E-state index contributed by atoms with van der Waals surface area (Å²) in [6.07, 6.45) is 6.62. The summed E-state index contributed by atoms with van der Waals surface area (Å²) in [6.45, 7) is 8.64. The summed E-state index contributed by atoms with van der Waals surface area (Å²) in [5.74, 6) is -0.210. The quantitative estimate of drug-likeness (QED) is 0.253. The number of benzene rings is 1. The maximum atomic E-state index is 13.7. The van der Waals surface area contributed by atoms with Gasteiger partial charge >= 0.3 is 5.97 Å². The number of unbranched alkanes of at least 4 members (excludes halogenated alkanes) is 1. The van der Waals surface area contributed by atoms with E-state index in [-0.39, 0.29) is 12.0 Å². The number of carbonyl (C=O) groups excluding carboxylic acids is 1. The maximum absolute atomic E-state index is 13.7. The number of pyridine rings is 1. The molecular weight excluding hydrogens is 532 g/mol. The molecule has 9 nitrogen and oxygen atoms in total. The average molecular weight is 581 g/mol. The van der Waals surface area contributed by atoms with Gasteiger partial charge in [0, 0.05) is 38.5 Å². The molecule has 2 aromatic rings. The zero-order chi connectivity index (χ0) is 29.8. The lowest BCUT2D eigenvalue weighted by molar-refractivity contribution is -0.144. The van der Waals surface area contributed by atoms with Gasteiger partial charge in [-0.2, -0.15) is 0 Å². The molecule has 42 heavy (non-hydrogen) atoms. The topological polar surface area (TPSA) is 113 Å². The highest BCUT2D eigenvalue weighted by Gasteiger charge is 2.43. The molecule has 0 bridgehead atoms. The van der Waals surface area contributed by atoms with Crippen LogP contribution >= 0.6 is 0 Å². The number of aliphatic carboxylic acids is 1. The van der Waals surface area contributed by atoms with E-state index in [0.29, 0.717) is 52.2 Å². The molecule has 1 aromatic heterocycles. The Balaban J connectivity index is 1.33. The van der Waals surface area contributed by atoms with Gasteiger partial charge in [-0.25, -0.2) is 9.78 Å². The van der Waals surface area contributed by atoms with Gasteiger partial charge in [-0.1, -0.05) is 36.4 Å². The minimum Gasteiger partial charge on any atom is -0.480 e. The predicted octanol–water partition coefficient (Wildman–Crippen LogP) is 4.20. The van der Waals surface area contributed by atoms with Crippen LogP contribution in [0.1, 0.15) is 69.2 Å². The highest BCUT2D eigenvalue weighted by Crippen LogP contribution is 2.35. The number of hydrogen-bond acceptors (Lipinski definition) is 7. The van der Waals surface area contributed by atoms with Crippen molar-refractivity contribution in [1.82, 2.24) is 15.2 Å². The van der Waals surface area contributed by atoms with Crippen molar-refractivity contribution in [2.24, 2.45) is 0 Å². The molecule has 4 rings (SSSR count). The molecule has 0 saturated carbocycles. The highest BCUT2D eigenvalue weighted by atomic mass is 16.5. The number of carboxylic acid groups (broad SMARTS) is 1. The van der Waals surface area contributed by atoms with E-state index in [1.807, 2.05) is 44.2 Å². The van der Waals surface area contributed by atoms with Gasteiger partial charge in [-0.05, 0) is 89.0 Å². The number of fused-ring (bicyclic) bond motifs is 1. The summed E-state index contributed by atoms with van der Waals surface area (Å²) >= 11 is 0. The van der Waals surface area contributed by atoms with Crippen LogP contribution in [-0.2, 0) is 37.3 Å². The summed E-state index contributed by atoms with van der Waals surface area (Å²) in [5, 5.41) is 16.4. The largest absolute Gasteiger partial charge is 0.480 e. The second-order valence-corrected chi connectivity index (χ2v) is 11.8. The van der Waals surface area contributed by atoms with Crippen molar-refractivity contribution in [1.29, 1.82) is 0 Å². The molecule has 0 radical (unpaired) electrons. The number of amides is 1. The predicted molar refractivity (Wildman–Crippen MR) is 164 cm³/mol. The summed E-state index contributed by atoms with van der Waals surface area (Å²) in [7, 11) is 0. The van der Waals surface area contributed by atoms with E-state index < -0.39 is 17.4 Å². The van der Waals surface area contributed by atoms with Crippen LogP contribution in [0.4, 0.5) is 5.82 Å². The molecule has 2 aliphatic rings. The van der Waals surface area contributed by atoms with Crippen molar-refractivity contribution in [3.05, 3.63) is 59.3 Å². The van der Waals surface area contributed by atoms with Crippen molar-refractivity contribution in [3.63, 3.8) is 0 Å². The summed E-state index contributed by atoms with van der Waals surface area (Å²) in [4.78, 5) is 33.1. The Morgan fingerprint density at radius 2 is 1.88 bits per heavy atom. The number of rotatable bonds is 16. The van der Waals surface area contributed by atoms with Crippen LogP contribution in [0.15, 0.2) is 42.5 Å². The standard InChI is InChI=1S/C33H48N4O5/c1-25(2)42-24-21-37(19-7-6-12-28-14-13-26-9-8-18-34-30(26)35-28)20-15-29(31(38)39)36-32(40)33(16-22-41-23-17-33)27-10-4-3-5-11-27/h3-5,10-11,13-14,25,29H,6-9,12,15-24H2,1-2H3,(H,34,35)(H,36,40)(H,38,39)/t29-/m0/s1. The molecule has 1 aromatic carbocycles. The number of hydrogen-bond donors (Lipinski definition) is 3. The maximum Gasteiger partial charge on any atom is 0.326 e. The molecule has 3 N–H and O–H groups in total. The molecule has 1 saturated heterocycles. The number of carboxylic acids is 1. The minimum absolute atomic E-state index is 0.134. The van der Waals surface area contributed by atoms with Gasteiger partial charge in [0.25, 0.3) is 0 Å². The second-order valence-electron chi connectivity index (χ2n) is 11.8. The summed E-state index contributed by atoms with van der Waals surface area (Å²) in [6, 6.07) is 13.0. The Morgan fingerprint density at radius 3 is 2.62 bits per heavy atom. The van der Waals surface area contributed by atoms with Gasteiger partial charge < -0.3 is 30.1 Å². The molecule has 1 amide bonds. The van der Waals surface area contributed by atoms with Crippen molar-refractivity contribution in [2.45, 2.75) is 82.8 Å². The van der Waals surface area contributed by atoms with Gasteiger partial charge in [0.15, 0.2) is 0 Å². The zero-order valence-corrected chi connectivity index (χ0v) is 25.3. The number of ether oxygens (including phenoxy) is 2. The highest BCUT2D eigenvalue weighted by molar-refractivity contribution is 5.91. The van der Waals surface area contributed by atoms with Gasteiger partial charge in [-0.15, -0.1) is 0 Å². The first-order valence-corrected chi connectivity index (χ1v) is 15.6. The Labute approximate surface area is 250 Å². The smallest absolute Gasteiger partial charge is 0.326 e. The van der Waals surface area contributed by atoms with Crippen molar-refractivity contribution in [3.8, 4) is 0 Å². The van der Waals surface area contributed by atoms with Gasteiger partial charge in [-0.3, -0.25) is 4.79 Å². The molecule has 230 valence electrons. The molecule has 9 heteroatoms. The van der Waals surface area contributed by atoms with E-state index in [9.17, 15) is 14.7 Å². The first-order valence-electron chi connectivity index (χ1n) is 15.6. The summed E-state index contributed by atoms with van der Waals surface area (Å²) in [5.41, 5.74) is 2.53. The third kappa shape index (κ3) is 8.99. The lowest BCUT2D eigenvalue weighted by atomic mass is 9.73. The average Bonchev–Trinajstić information content (AvgIpc) is 3.01. The number of nitrogens with one attached hydrogen (secondary N) is 2. The zero-order valence-electron chi connectivity index (χ0n) is 25.3. The fourth-order valence-electron chi connectivity index (χ4n) is 5.89. The SMILES string of the molecule is CC(C)OCCN(CCCCc1ccc2c(n1)NCCC2)CC[C@H](NC(=O)C1(c2ccccc2)CCOCC1)C(=O)O. The third-order valence-corrected chi connectivity index (χ3v) is 8.41. The van der Waals surface area contributed by atoms with Crippen LogP contribution in [0.3, 0.4) is 0 Å². The Hall–Kier alpha value is -3.01. The number of nitrogens with zero attached hydrogens (tertiary/aromatic N) is 2. The fourth-order valence-corrected chi connectivity index (χ4v) is 5.89. The lowest BCUT2D eigenvalue weighted by Crippen LogP contribution is -2.53. The van der Waals surface area contributed by atoms with E-state index in [0.717, 1.165) is 62.3 Å². The monoisotopic (exact) mass is 580 g/mol. The van der Waals surface area contributed by atoms with Crippen LogP contribution in [0.25, 0.3) is 0 Å². The molecule has 0 aliphatic carbocycles. The van der Waals surface area contributed by atoms with E-state index in [1.165, 1.54) is 5.56 Å². The van der Waals surface area contributed by atoms with E-state index in [4.69, 9.17) is 14.5 Å². The van der Waals surface area contributed by atoms with Crippen molar-refractivity contribution >= 4 is 17.7 Å². The number of anilines is 1. The number of aromatic nitrogens is 1. The molecule has 1 fully saturated rings. The van der Waals surface area contributed by atoms with Crippen LogP contribution in [0.2, 0.25) is 0 Å². The van der Waals surface area contributed by atoms with Crippen LogP contribution in [0, 0.1) is 0 Å². The van der Waals surface area contributed by atoms with Gasteiger partial charge in [0.05, 0.1) is 18.1 Å². The fraction of sp³-hybridized carbons (Fsp3) is 0.606. The van der Waals surface area contributed by atoms with E-state index in [2.05, 4.69) is 27.7 Å². The van der Waals surface area contributed by atoms with Crippen LogP contribution < -0.4 is 10.6 Å². The van der Waals surface area contributed by atoms with Gasteiger partial charge in [0.1, 0.15) is 11.9 Å². The van der Waals surface area contributed by atoms with Crippen LogP contribution in [0.5, 0.6) is 0 Å². The minimum atomic E-state index is -1.01. The first-order chi connectivity index (χ1) is 20.4. The van der Waals surface area contributed by atoms with Crippen molar-refractivity contribution in [2.75, 3.05) is 51.3 Å². The van der Waals surface area contributed by atoms with E-state index in [1.54, 1.807) is 0 Å². The lowest BCUT2D eigenvalue weighted by Gasteiger charge is -2.37. The molecule has 0 unspecified atom stereocenters. The Morgan fingerprint density at radius 1 is 1.10 bits per heavy atom. The number of carbonyl (C=O) groups is 2.